The van der Waals surface area contributed by atoms with Crippen molar-refractivity contribution in [3.05, 3.63) is 30.1 Å². The highest BCUT2D eigenvalue weighted by Gasteiger charge is 2.05. The number of nitrogens with zero attached hydrogens (tertiary/aromatic N) is 2. The largest absolute Gasteiger partial charge is 0.477 e. The lowest BCUT2D eigenvalue weighted by Crippen LogP contribution is -2.36. The first-order valence-corrected chi connectivity index (χ1v) is 3.79. The first-order chi connectivity index (χ1) is 6.22. The van der Waals surface area contributed by atoms with Crippen LogP contribution in [0.4, 0.5) is 0 Å². The van der Waals surface area contributed by atoms with Gasteiger partial charge in [-0.25, -0.2) is 4.79 Å². The Labute approximate surface area is 75.7 Å². The summed E-state index contributed by atoms with van der Waals surface area (Å²) in [5.74, 6) is -0.877. The number of hydrogen-bond donors (Lipinski definition) is 1. The van der Waals surface area contributed by atoms with Crippen LogP contribution in [0, 0.1) is 11.3 Å². The van der Waals surface area contributed by atoms with Gasteiger partial charge in [0.1, 0.15) is 0 Å². The molecule has 0 bridgehead atoms. The van der Waals surface area contributed by atoms with E-state index in [-0.39, 0.29) is 6.54 Å². The molecule has 0 unspecified atom stereocenters. The minimum absolute atomic E-state index is 0.0488. The van der Waals surface area contributed by atoms with Gasteiger partial charge in [0.15, 0.2) is 12.4 Å². The summed E-state index contributed by atoms with van der Waals surface area (Å²) in [6.07, 6.45) is 3.66. The topological polar surface area (TPSA) is 65.0 Å². The van der Waals surface area contributed by atoms with E-state index in [2.05, 4.69) is 0 Å². The monoisotopic (exact) mass is 177 g/mol. The number of aromatic nitrogens is 1. The fourth-order valence-electron chi connectivity index (χ4n) is 0.959. The van der Waals surface area contributed by atoms with E-state index in [1.54, 1.807) is 29.1 Å². The second kappa shape index (κ2) is 4.21. The average Bonchev–Trinajstić information content (AvgIpc) is 2.08. The second-order valence-electron chi connectivity index (χ2n) is 2.61. The molecule has 0 aliphatic heterocycles. The van der Waals surface area contributed by atoms with Gasteiger partial charge in [-0.3, -0.25) is 0 Å². The Kier molecular flexibility index (Phi) is 2.98. The number of carbonyl (C=O) groups is 1. The SMILES string of the molecule is N#CCc1cc[n+](CC(=O)O)cc1. The molecule has 0 fully saturated rings. The number of carboxylic acid groups (broad SMARTS) is 1. The Morgan fingerprint density at radius 3 is 2.62 bits per heavy atom. The number of hydrogen-bond acceptors (Lipinski definition) is 2. The predicted molar refractivity (Wildman–Crippen MR) is 43.6 cm³/mol. The highest BCUT2D eigenvalue weighted by molar-refractivity contribution is 5.64. The molecule has 1 aromatic heterocycles. The highest BCUT2D eigenvalue weighted by Crippen LogP contribution is 1.94. The Hall–Kier alpha value is -1.89. The highest BCUT2D eigenvalue weighted by atomic mass is 16.4. The number of pyridine rings is 1. The first kappa shape index (κ1) is 9.20. The van der Waals surface area contributed by atoms with Crippen molar-refractivity contribution in [3.63, 3.8) is 0 Å². The van der Waals surface area contributed by atoms with Crippen LogP contribution in [0.25, 0.3) is 0 Å². The van der Waals surface area contributed by atoms with E-state index in [0.29, 0.717) is 6.42 Å². The molecule has 66 valence electrons. The van der Waals surface area contributed by atoms with Crippen molar-refractivity contribution in [3.8, 4) is 6.07 Å². The van der Waals surface area contributed by atoms with E-state index in [4.69, 9.17) is 10.4 Å². The molecule has 0 saturated carbocycles. The van der Waals surface area contributed by atoms with E-state index in [1.807, 2.05) is 6.07 Å². The van der Waals surface area contributed by atoms with Crippen molar-refractivity contribution in [2.75, 3.05) is 0 Å². The third kappa shape index (κ3) is 2.91. The molecule has 1 rings (SSSR count). The maximum absolute atomic E-state index is 10.3. The summed E-state index contributed by atoms with van der Waals surface area (Å²) in [5, 5.41) is 16.8. The molecule has 1 aromatic rings. The van der Waals surface area contributed by atoms with E-state index < -0.39 is 5.97 Å². The summed E-state index contributed by atoms with van der Waals surface area (Å²) in [6, 6.07) is 5.50. The van der Waals surface area contributed by atoms with Gasteiger partial charge in [0.2, 0.25) is 6.54 Å². The van der Waals surface area contributed by atoms with Crippen LogP contribution in [0.2, 0.25) is 0 Å². The van der Waals surface area contributed by atoms with E-state index in [0.717, 1.165) is 5.56 Å². The first-order valence-electron chi connectivity index (χ1n) is 3.79. The maximum atomic E-state index is 10.3. The zero-order valence-corrected chi connectivity index (χ0v) is 6.97. The summed E-state index contributed by atoms with van der Waals surface area (Å²) < 4.78 is 1.54. The van der Waals surface area contributed by atoms with Crippen molar-refractivity contribution >= 4 is 5.97 Å². The molecule has 0 aliphatic carbocycles. The van der Waals surface area contributed by atoms with Crippen molar-refractivity contribution in [2.24, 2.45) is 0 Å². The van der Waals surface area contributed by atoms with Gasteiger partial charge < -0.3 is 5.11 Å². The van der Waals surface area contributed by atoms with Gasteiger partial charge in [-0.2, -0.15) is 9.83 Å². The molecule has 0 saturated heterocycles. The zero-order chi connectivity index (χ0) is 9.68. The van der Waals surface area contributed by atoms with Gasteiger partial charge in [0.25, 0.3) is 0 Å². The molecule has 0 aromatic carbocycles. The standard InChI is InChI=1S/C9H8N2O2/c10-4-1-8-2-5-11(6-3-8)7-9(12)13/h2-3,5-6H,1,7H2/p+1. The Bertz CT molecular complexity index is 338. The van der Waals surface area contributed by atoms with Crippen LogP contribution in [-0.4, -0.2) is 11.1 Å². The number of aliphatic carboxylic acids is 1. The Balaban J connectivity index is 2.70. The average molecular weight is 177 g/mol. The molecule has 13 heavy (non-hydrogen) atoms. The quantitative estimate of drug-likeness (QED) is 0.667. The van der Waals surface area contributed by atoms with Crippen LogP contribution in [0.15, 0.2) is 24.5 Å². The van der Waals surface area contributed by atoms with Gasteiger partial charge >= 0.3 is 5.97 Å². The second-order valence-corrected chi connectivity index (χ2v) is 2.61. The minimum Gasteiger partial charge on any atom is -0.477 e. The van der Waals surface area contributed by atoms with Gasteiger partial charge in [0.05, 0.1) is 12.5 Å². The van der Waals surface area contributed by atoms with Crippen LogP contribution < -0.4 is 4.57 Å². The molecule has 1 heterocycles. The molecule has 0 spiro atoms. The summed E-state index contributed by atoms with van der Waals surface area (Å²) in [5.41, 5.74) is 0.893. The fraction of sp³-hybridized carbons (Fsp3) is 0.222. The Morgan fingerprint density at radius 1 is 1.54 bits per heavy atom. The molecule has 1 N–H and O–H groups in total. The molecule has 0 amide bonds. The summed E-state index contributed by atoms with van der Waals surface area (Å²) in [7, 11) is 0. The van der Waals surface area contributed by atoms with Crippen molar-refractivity contribution in [1.82, 2.24) is 0 Å². The maximum Gasteiger partial charge on any atom is 0.370 e. The molecule has 4 heteroatoms. The number of rotatable bonds is 3. The lowest BCUT2D eigenvalue weighted by Gasteiger charge is -1.93. The van der Waals surface area contributed by atoms with Crippen molar-refractivity contribution < 1.29 is 14.5 Å². The fourth-order valence-corrected chi connectivity index (χ4v) is 0.959. The molecule has 0 aliphatic rings. The molecule has 4 nitrogen and oxygen atoms in total. The van der Waals surface area contributed by atoms with Crippen LogP contribution in [0.1, 0.15) is 5.56 Å². The van der Waals surface area contributed by atoms with Gasteiger partial charge in [-0.1, -0.05) is 0 Å². The van der Waals surface area contributed by atoms with Crippen LogP contribution >= 0.6 is 0 Å². The van der Waals surface area contributed by atoms with Crippen LogP contribution in [0.5, 0.6) is 0 Å². The lowest BCUT2D eigenvalue weighted by atomic mass is 10.2. The zero-order valence-electron chi connectivity index (χ0n) is 6.97. The van der Waals surface area contributed by atoms with Gasteiger partial charge in [0, 0.05) is 12.1 Å². The molecule has 0 atom stereocenters. The number of nitriles is 1. The van der Waals surface area contributed by atoms with Gasteiger partial charge in [-0.05, 0) is 5.56 Å². The van der Waals surface area contributed by atoms with E-state index in [1.165, 1.54) is 0 Å². The summed E-state index contributed by atoms with van der Waals surface area (Å²) in [4.78, 5) is 10.3. The summed E-state index contributed by atoms with van der Waals surface area (Å²) in [6.45, 7) is -0.0488. The Morgan fingerprint density at radius 2 is 2.15 bits per heavy atom. The van der Waals surface area contributed by atoms with E-state index in [9.17, 15) is 4.79 Å². The lowest BCUT2D eigenvalue weighted by molar-refractivity contribution is -0.685. The smallest absolute Gasteiger partial charge is 0.370 e. The summed E-state index contributed by atoms with van der Waals surface area (Å²) >= 11 is 0. The van der Waals surface area contributed by atoms with Crippen molar-refractivity contribution in [1.29, 1.82) is 5.26 Å². The predicted octanol–water partition coefficient (Wildman–Crippen LogP) is 0.125. The van der Waals surface area contributed by atoms with E-state index >= 15 is 0 Å². The van der Waals surface area contributed by atoms with Crippen LogP contribution in [-0.2, 0) is 17.8 Å². The molecular weight excluding hydrogens is 168 g/mol. The molecular formula is C9H9N2O2+. The van der Waals surface area contributed by atoms with Gasteiger partial charge in [-0.15, -0.1) is 0 Å². The van der Waals surface area contributed by atoms with Crippen molar-refractivity contribution in [2.45, 2.75) is 13.0 Å². The molecule has 0 radical (unpaired) electrons. The third-order valence-corrected chi connectivity index (χ3v) is 1.56. The normalized spacial score (nSPS) is 9.15. The number of carboxylic acids is 1. The van der Waals surface area contributed by atoms with Crippen LogP contribution in [0.3, 0.4) is 0 Å². The third-order valence-electron chi connectivity index (χ3n) is 1.56. The minimum atomic E-state index is -0.877.